The fourth-order valence-corrected chi connectivity index (χ4v) is 4.40. The van der Waals surface area contributed by atoms with Gasteiger partial charge in [0, 0.05) is 23.9 Å². The standard InChI is InChI=1S/C17H22N2O2S/c1-11(2)13-7-5-9-19(13)16(20)10-15-17(21)18-12-6-3-4-8-14(12)22-15/h3-4,6,8,11,13,15H,5,7,9-10H2,1-2H3,(H,18,21)/t13-,15-/m1/s1. The van der Waals surface area contributed by atoms with Crippen molar-refractivity contribution in [2.24, 2.45) is 5.92 Å². The monoisotopic (exact) mass is 318 g/mol. The first kappa shape index (κ1) is 15.4. The first-order chi connectivity index (χ1) is 10.6. The molecule has 2 atom stereocenters. The maximum Gasteiger partial charge on any atom is 0.238 e. The van der Waals surface area contributed by atoms with Gasteiger partial charge >= 0.3 is 0 Å². The molecule has 0 aliphatic carbocycles. The van der Waals surface area contributed by atoms with Crippen molar-refractivity contribution in [1.29, 1.82) is 0 Å². The summed E-state index contributed by atoms with van der Waals surface area (Å²) in [5.41, 5.74) is 0.849. The van der Waals surface area contributed by atoms with Gasteiger partial charge in [-0.1, -0.05) is 26.0 Å². The molecule has 0 spiro atoms. The lowest BCUT2D eigenvalue weighted by Gasteiger charge is -2.30. The van der Waals surface area contributed by atoms with Crippen LogP contribution in [0.15, 0.2) is 29.2 Å². The molecule has 1 aromatic rings. The van der Waals surface area contributed by atoms with E-state index in [1.807, 2.05) is 29.2 Å². The van der Waals surface area contributed by atoms with E-state index in [9.17, 15) is 9.59 Å². The van der Waals surface area contributed by atoms with E-state index in [1.54, 1.807) is 0 Å². The second-order valence-electron chi connectivity index (χ2n) is 6.34. The summed E-state index contributed by atoms with van der Waals surface area (Å²) in [6, 6.07) is 8.08. The van der Waals surface area contributed by atoms with Gasteiger partial charge in [-0.15, -0.1) is 11.8 Å². The number of para-hydroxylation sites is 1. The van der Waals surface area contributed by atoms with Crippen LogP contribution in [0.3, 0.4) is 0 Å². The van der Waals surface area contributed by atoms with E-state index < -0.39 is 0 Å². The van der Waals surface area contributed by atoms with Crippen molar-refractivity contribution in [2.45, 2.75) is 49.3 Å². The van der Waals surface area contributed by atoms with Crippen LogP contribution in [0, 0.1) is 5.92 Å². The molecule has 5 heteroatoms. The van der Waals surface area contributed by atoms with Crippen molar-refractivity contribution in [2.75, 3.05) is 11.9 Å². The van der Waals surface area contributed by atoms with Crippen LogP contribution in [-0.2, 0) is 9.59 Å². The highest BCUT2D eigenvalue weighted by Gasteiger charge is 2.35. The Balaban J connectivity index is 1.68. The summed E-state index contributed by atoms with van der Waals surface area (Å²) in [6.45, 7) is 5.15. The molecule has 0 saturated carbocycles. The van der Waals surface area contributed by atoms with Gasteiger partial charge in [-0.2, -0.15) is 0 Å². The molecule has 2 amide bonds. The fourth-order valence-electron chi connectivity index (χ4n) is 3.30. The molecule has 0 radical (unpaired) electrons. The number of fused-ring (bicyclic) bond motifs is 1. The zero-order valence-corrected chi connectivity index (χ0v) is 13.9. The maximum atomic E-state index is 12.6. The number of nitrogens with one attached hydrogen (secondary N) is 1. The van der Waals surface area contributed by atoms with Gasteiger partial charge in [-0.3, -0.25) is 9.59 Å². The zero-order valence-electron chi connectivity index (χ0n) is 13.0. The van der Waals surface area contributed by atoms with E-state index in [-0.39, 0.29) is 23.5 Å². The minimum atomic E-state index is -0.323. The van der Waals surface area contributed by atoms with Gasteiger partial charge < -0.3 is 10.2 Å². The molecule has 4 nitrogen and oxygen atoms in total. The van der Waals surface area contributed by atoms with Crippen LogP contribution >= 0.6 is 11.8 Å². The first-order valence-electron chi connectivity index (χ1n) is 7.92. The van der Waals surface area contributed by atoms with E-state index in [2.05, 4.69) is 19.2 Å². The van der Waals surface area contributed by atoms with Crippen molar-refractivity contribution < 1.29 is 9.59 Å². The van der Waals surface area contributed by atoms with Crippen LogP contribution in [0.2, 0.25) is 0 Å². The topological polar surface area (TPSA) is 49.4 Å². The van der Waals surface area contributed by atoms with E-state index in [0.717, 1.165) is 30.0 Å². The number of amides is 2. The number of rotatable bonds is 3. The normalized spacial score (nSPS) is 24.3. The molecule has 22 heavy (non-hydrogen) atoms. The second kappa shape index (κ2) is 6.32. The minimum Gasteiger partial charge on any atom is -0.339 e. The average Bonchev–Trinajstić information content (AvgIpc) is 2.97. The molecule has 2 aliphatic heterocycles. The van der Waals surface area contributed by atoms with E-state index >= 15 is 0 Å². The van der Waals surface area contributed by atoms with Crippen LogP contribution in [0.4, 0.5) is 5.69 Å². The Hall–Kier alpha value is -1.49. The summed E-state index contributed by atoms with van der Waals surface area (Å²) < 4.78 is 0. The van der Waals surface area contributed by atoms with E-state index in [1.165, 1.54) is 11.8 Å². The molecular weight excluding hydrogens is 296 g/mol. The molecule has 2 heterocycles. The number of carbonyl (C=O) groups is 2. The van der Waals surface area contributed by atoms with Crippen molar-refractivity contribution in [1.82, 2.24) is 4.90 Å². The Morgan fingerprint density at radius 3 is 2.95 bits per heavy atom. The molecule has 1 aromatic carbocycles. The van der Waals surface area contributed by atoms with Gasteiger partial charge in [-0.05, 0) is 30.9 Å². The van der Waals surface area contributed by atoms with Gasteiger partial charge in [0.1, 0.15) is 0 Å². The van der Waals surface area contributed by atoms with Crippen molar-refractivity contribution in [3.63, 3.8) is 0 Å². The van der Waals surface area contributed by atoms with Crippen molar-refractivity contribution >= 4 is 29.3 Å². The van der Waals surface area contributed by atoms with Gasteiger partial charge in [0.05, 0.1) is 10.9 Å². The summed E-state index contributed by atoms with van der Waals surface area (Å²) in [4.78, 5) is 27.9. The van der Waals surface area contributed by atoms with Crippen LogP contribution in [-0.4, -0.2) is 34.6 Å². The Kier molecular flexibility index (Phi) is 4.43. The fraction of sp³-hybridized carbons (Fsp3) is 0.529. The number of anilines is 1. The molecule has 0 aromatic heterocycles. The molecule has 1 saturated heterocycles. The molecular formula is C17H22N2O2S. The van der Waals surface area contributed by atoms with Crippen LogP contribution in [0.5, 0.6) is 0 Å². The number of nitrogens with zero attached hydrogens (tertiary/aromatic N) is 1. The Morgan fingerprint density at radius 1 is 1.41 bits per heavy atom. The van der Waals surface area contributed by atoms with Gasteiger partial charge in [0.25, 0.3) is 0 Å². The quantitative estimate of drug-likeness (QED) is 0.931. The predicted octanol–water partition coefficient (Wildman–Crippen LogP) is 3.14. The summed E-state index contributed by atoms with van der Waals surface area (Å²) in [6.07, 6.45) is 2.44. The average molecular weight is 318 g/mol. The Labute approximate surface area is 135 Å². The van der Waals surface area contributed by atoms with E-state index in [4.69, 9.17) is 0 Å². The van der Waals surface area contributed by atoms with Crippen LogP contribution < -0.4 is 5.32 Å². The highest BCUT2D eigenvalue weighted by atomic mass is 32.2. The SMILES string of the molecule is CC(C)[C@H]1CCCN1C(=O)C[C@H]1Sc2ccccc2NC1=O. The number of hydrogen-bond acceptors (Lipinski definition) is 3. The third-order valence-corrected chi connectivity index (χ3v) is 5.73. The molecule has 0 bridgehead atoms. The van der Waals surface area contributed by atoms with Crippen molar-refractivity contribution in [3.8, 4) is 0 Å². The molecule has 2 aliphatic rings. The molecule has 3 rings (SSSR count). The number of likely N-dealkylation sites (tertiary alicyclic amines) is 1. The third-order valence-electron chi connectivity index (χ3n) is 4.46. The molecule has 118 valence electrons. The first-order valence-corrected chi connectivity index (χ1v) is 8.80. The second-order valence-corrected chi connectivity index (χ2v) is 7.58. The molecule has 0 unspecified atom stereocenters. The molecule has 1 N–H and O–H groups in total. The van der Waals surface area contributed by atoms with E-state index in [0.29, 0.717) is 12.0 Å². The van der Waals surface area contributed by atoms with Crippen molar-refractivity contribution in [3.05, 3.63) is 24.3 Å². The highest BCUT2D eigenvalue weighted by Crippen LogP contribution is 2.37. The summed E-state index contributed by atoms with van der Waals surface area (Å²) >= 11 is 1.50. The molecule has 1 fully saturated rings. The predicted molar refractivity (Wildman–Crippen MR) is 88.9 cm³/mol. The summed E-state index contributed by atoms with van der Waals surface area (Å²) in [5, 5.41) is 2.59. The van der Waals surface area contributed by atoms with Gasteiger partial charge in [0.15, 0.2) is 0 Å². The lowest BCUT2D eigenvalue weighted by atomic mass is 10.0. The number of benzene rings is 1. The highest BCUT2D eigenvalue weighted by molar-refractivity contribution is 8.01. The number of carbonyl (C=O) groups excluding carboxylic acids is 2. The van der Waals surface area contributed by atoms with Gasteiger partial charge in [0.2, 0.25) is 11.8 Å². The van der Waals surface area contributed by atoms with Crippen LogP contribution in [0.25, 0.3) is 0 Å². The number of thioether (sulfide) groups is 1. The lowest BCUT2D eigenvalue weighted by molar-refractivity contribution is -0.134. The number of hydrogen-bond donors (Lipinski definition) is 1. The zero-order chi connectivity index (χ0) is 15.7. The Morgan fingerprint density at radius 2 is 2.18 bits per heavy atom. The van der Waals surface area contributed by atoms with Crippen LogP contribution in [0.1, 0.15) is 33.1 Å². The smallest absolute Gasteiger partial charge is 0.238 e. The minimum absolute atomic E-state index is 0.0580. The maximum absolute atomic E-state index is 12.6. The Bertz CT molecular complexity index is 588. The summed E-state index contributed by atoms with van der Waals surface area (Å²) in [7, 11) is 0. The third kappa shape index (κ3) is 3.00. The largest absolute Gasteiger partial charge is 0.339 e. The van der Waals surface area contributed by atoms with Gasteiger partial charge in [-0.25, -0.2) is 0 Å². The lowest BCUT2D eigenvalue weighted by Crippen LogP contribution is -2.41. The summed E-state index contributed by atoms with van der Waals surface area (Å²) in [5.74, 6) is 0.528.